The average molecular weight is 425 g/mol. The summed E-state index contributed by atoms with van der Waals surface area (Å²) in [6, 6.07) is 17.1. The number of hydrogen-bond donors (Lipinski definition) is 1. The van der Waals surface area contributed by atoms with Crippen LogP contribution in [0.5, 0.6) is 5.75 Å². The van der Waals surface area contributed by atoms with Crippen molar-refractivity contribution in [1.82, 2.24) is 0 Å². The monoisotopic (exact) mass is 425 g/mol. The number of β-lactam (4-membered cyclic amide) rings is 1. The van der Waals surface area contributed by atoms with E-state index in [0.717, 1.165) is 5.56 Å². The van der Waals surface area contributed by atoms with E-state index in [-0.39, 0.29) is 29.2 Å². The van der Waals surface area contributed by atoms with Crippen LogP contribution in [-0.2, 0) is 4.79 Å². The van der Waals surface area contributed by atoms with Crippen LogP contribution in [0, 0.1) is 11.6 Å². The van der Waals surface area contributed by atoms with Gasteiger partial charge in [-0.3, -0.25) is 9.59 Å². The highest BCUT2D eigenvalue weighted by atomic mass is 32.2. The molecule has 0 radical (unpaired) electrons. The van der Waals surface area contributed by atoms with Gasteiger partial charge in [0.15, 0.2) is 5.78 Å². The van der Waals surface area contributed by atoms with Crippen LogP contribution in [0.4, 0.5) is 14.5 Å². The van der Waals surface area contributed by atoms with Crippen molar-refractivity contribution >= 4 is 29.1 Å². The molecule has 3 aromatic carbocycles. The molecule has 4 nitrogen and oxygen atoms in total. The molecule has 0 spiro atoms. The number of aromatic hydroxyl groups is 1. The van der Waals surface area contributed by atoms with E-state index in [0.29, 0.717) is 11.3 Å². The smallest absolute Gasteiger partial charge is 0.243 e. The molecule has 1 amide bonds. The van der Waals surface area contributed by atoms with Crippen LogP contribution in [0.2, 0.25) is 0 Å². The van der Waals surface area contributed by atoms with E-state index in [4.69, 9.17) is 0 Å². The highest BCUT2D eigenvalue weighted by Gasteiger charge is 2.49. The molecule has 3 aromatic rings. The Morgan fingerprint density at radius 3 is 2.07 bits per heavy atom. The summed E-state index contributed by atoms with van der Waals surface area (Å²) >= 11 is 1.22. The van der Waals surface area contributed by atoms with E-state index in [9.17, 15) is 23.5 Å². The van der Waals surface area contributed by atoms with Gasteiger partial charge in [-0.25, -0.2) is 8.78 Å². The van der Waals surface area contributed by atoms with Crippen LogP contribution in [0.15, 0.2) is 72.8 Å². The largest absolute Gasteiger partial charge is 0.508 e. The van der Waals surface area contributed by atoms with Crippen LogP contribution in [-0.4, -0.2) is 27.8 Å². The minimum Gasteiger partial charge on any atom is -0.508 e. The third kappa shape index (κ3) is 3.93. The van der Waals surface area contributed by atoms with Crippen molar-refractivity contribution in [1.29, 1.82) is 0 Å². The van der Waals surface area contributed by atoms with Crippen LogP contribution in [0.3, 0.4) is 0 Å². The number of anilines is 1. The number of phenolic OH excluding ortho intramolecular Hbond substituents is 1. The van der Waals surface area contributed by atoms with Gasteiger partial charge in [0.2, 0.25) is 5.91 Å². The zero-order valence-electron chi connectivity index (χ0n) is 15.7. The quantitative estimate of drug-likeness (QED) is 0.458. The summed E-state index contributed by atoms with van der Waals surface area (Å²) in [4.78, 5) is 26.9. The topological polar surface area (TPSA) is 57.6 Å². The number of carbonyl (C=O) groups excluding carboxylic acids is 2. The standard InChI is InChI=1S/C23H17F2NO3S/c24-16-5-1-14(2-6-16)20(28)13-30-22-21(15-3-11-19(27)12-4-15)26(23(22)29)18-9-7-17(25)8-10-18/h1-12,21-22,27H,13H2/t21-,22+/m0/s1. The summed E-state index contributed by atoms with van der Waals surface area (Å²) < 4.78 is 26.4. The molecule has 30 heavy (non-hydrogen) atoms. The lowest BCUT2D eigenvalue weighted by molar-refractivity contribution is -0.123. The highest BCUT2D eigenvalue weighted by molar-refractivity contribution is 8.01. The Kier molecular flexibility index (Phi) is 5.55. The summed E-state index contributed by atoms with van der Waals surface area (Å²) in [7, 11) is 0. The number of halogens is 2. The number of phenols is 1. The maximum atomic E-state index is 13.3. The zero-order valence-corrected chi connectivity index (χ0v) is 16.5. The fourth-order valence-electron chi connectivity index (χ4n) is 3.39. The summed E-state index contributed by atoms with van der Waals surface area (Å²) in [5, 5.41) is 9.07. The van der Waals surface area contributed by atoms with Crippen molar-refractivity contribution in [3.8, 4) is 5.75 Å². The van der Waals surface area contributed by atoms with Crippen molar-refractivity contribution < 1.29 is 23.5 Å². The number of carbonyl (C=O) groups is 2. The normalized spacial score (nSPS) is 18.2. The fourth-order valence-corrected chi connectivity index (χ4v) is 4.61. The predicted molar refractivity (Wildman–Crippen MR) is 112 cm³/mol. The Morgan fingerprint density at radius 1 is 0.900 bits per heavy atom. The number of amides is 1. The summed E-state index contributed by atoms with van der Waals surface area (Å²) in [5.74, 6) is -1.03. The second-order valence-corrected chi connectivity index (χ2v) is 8.01. The maximum absolute atomic E-state index is 13.3. The molecule has 0 aliphatic carbocycles. The van der Waals surface area contributed by atoms with Crippen molar-refractivity contribution in [2.45, 2.75) is 11.3 Å². The molecular weight excluding hydrogens is 408 g/mol. The summed E-state index contributed by atoms with van der Waals surface area (Å²) in [6.07, 6.45) is 0. The second kappa shape index (κ2) is 8.28. The molecule has 0 bridgehead atoms. The predicted octanol–water partition coefficient (Wildman–Crippen LogP) is 4.74. The van der Waals surface area contributed by atoms with Gasteiger partial charge in [-0.2, -0.15) is 0 Å². The lowest BCUT2D eigenvalue weighted by Gasteiger charge is -2.47. The molecule has 1 fully saturated rings. The van der Waals surface area contributed by atoms with Crippen LogP contribution in [0.25, 0.3) is 0 Å². The molecule has 2 atom stereocenters. The number of benzene rings is 3. The molecule has 4 rings (SSSR count). The number of nitrogens with zero attached hydrogens (tertiary/aromatic N) is 1. The summed E-state index contributed by atoms with van der Waals surface area (Å²) in [6.45, 7) is 0. The Labute approximate surface area is 176 Å². The average Bonchev–Trinajstić information content (AvgIpc) is 2.74. The lowest BCUT2D eigenvalue weighted by atomic mass is 9.92. The van der Waals surface area contributed by atoms with Crippen LogP contribution >= 0.6 is 11.8 Å². The second-order valence-electron chi connectivity index (χ2n) is 6.88. The highest BCUT2D eigenvalue weighted by Crippen LogP contribution is 2.45. The van der Waals surface area contributed by atoms with E-state index < -0.39 is 16.9 Å². The van der Waals surface area contributed by atoms with Gasteiger partial charge in [0.25, 0.3) is 0 Å². The maximum Gasteiger partial charge on any atom is 0.243 e. The van der Waals surface area contributed by atoms with Gasteiger partial charge in [-0.1, -0.05) is 12.1 Å². The molecule has 0 unspecified atom stereocenters. The minimum atomic E-state index is -0.510. The molecule has 0 aromatic heterocycles. The Morgan fingerprint density at radius 2 is 1.47 bits per heavy atom. The van der Waals surface area contributed by atoms with E-state index >= 15 is 0 Å². The molecule has 7 heteroatoms. The number of Topliss-reactive ketones (excluding diaryl/α,β-unsaturated/α-hetero) is 1. The van der Waals surface area contributed by atoms with E-state index in [1.54, 1.807) is 17.0 Å². The minimum absolute atomic E-state index is 0.0634. The third-order valence-corrected chi connectivity index (χ3v) is 6.19. The first-order valence-electron chi connectivity index (χ1n) is 9.22. The van der Waals surface area contributed by atoms with Gasteiger partial charge < -0.3 is 10.0 Å². The van der Waals surface area contributed by atoms with E-state index in [1.807, 2.05) is 0 Å². The van der Waals surface area contributed by atoms with Crippen molar-refractivity contribution in [2.24, 2.45) is 0 Å². The van der Waals surface area contributed by atoms with Gasteiger partial charge >= 0.3 is 0 Å². The molecule has 152 valence electrons. The molecule has 1 aliphatic rings. The third-order valence-electron chi connectivity index (χ3n) is 4.95. The zero-order chi connectivity index (χ0) is 21.3. The van der Waals surface area contributed by atoms with Crippen molar-refractivity contribution in [3.05, 3.63) is 95.6 Å². The number of hydrogen-bond acceptors (Lipinski definition) is 4. The Hall–Kier alpha value is -3.19. The van der Waals surface area contributed by atoms with Gasteiger partial charge in [0.05, 0.1) is 11.8 Å². The number of thioether (sulfide) groups is 1. The van der Waals surface area contributed by atoms with Gasteiger partial charge in [-0.05, 0) is 66.2 Å². The first-order valence-corrected chi connectivity index (χ1v) is 10.3. The molecule has 1 N–H and O–H groups in total. The van der Waals surface area contributed by atoms with Gasteiger partial charge in [0, 0.05) is 11.3 Å². The molecular formula is C23H17F2NO3S. The number of rotatable bonds is 6. The van der Waals surface area contributed by atoms with Crippen LogP contribution < -0.4 is 4.90 Å². The van der Waals surface area contributed by atoms with Gasteiger partial charge in [-0.15, -0.1) is 11.8 Å². The molecule has 1 saturated heterocycles. The van der Waals surface area contributed by atoms with E-state index in [1.165, 1.54) is 72.4 Å². The Bertz CT molecular complexity index is 1070. The van der Waals surface area contributed by atoms with E-state index in [2.05, 4.69) is 0 Å². The molecule has 1 aliphatic heterocycles. The lowest BCUT2D eigenvalue weighted by Crippen LogP contribution is -2.57. The van der Waals surface area contributed by atoms with Crippen molar-refractivity contribution in [2.75, 3.05) is 10.7 Å². The Balaban J connectivity index is 1.55. The first-order chi connectivity index (χ1) is 14.4. The van der Waals surface area contributed by atoms with Gasteiger partial charge in [0.1, 0.15) is 22.6 Å². The first kappa shape index (κ1) is 20.1. The van der Waals surface area contributed by atoms with Crippen molar-refractivity contribution in [3.63, 3.8) is 0 Å². The number of ketones is 1. The molecule has 1 heterocycles. The van der Waals surface area contributed by atoms with Crippen LogP contribution in [0.1, 0.15) is 22.0 Å². The SMILES string of the molecule is O=C(CS[C@H]1C(=O)N(c2ccc(F)cc2)[C@H]1c1ccc(O)cc1)c1ccc(F)cc1. The fraction of sp³-hybridized carbons (Fsp3) is 0.130. The molecule has 0 saturated carbocycles. The summed E-state index contributed by atoms with van der Waals surface area (Å²) in [5.41, 5.74) is 1.73.